The van der Waals surface area contributed by atoms with E-state index in [1.54, 1.807) is 0 Å². The zero-order valence-corrected chi connectivity index (χ0v) is 49.1. The standard InChI is InChI=1S/C61H121O12P/c1-3-5-7-9-11-13-15-17-19-21-23-25-27-29-31-33-35-37-39-41-43-45-47-49-51-70-52-54(53-71-74(68,69)73-61-59(66)57(64)56(63)58(65)60(61)67)72-55(62)50-48-46-44-42-40-38-36-34-32-30-28-26-24-22-20-18-16-14-12-10-8-6-4-2/h54,56-61,63-67H,3-53H2,1-2H3,(H,68,69). The van der Waals surface area contributed by atoms with Crippen molar-refractivity contribution in [3.8, 4) is 0 Å². The molecule has 1 saturated carbocycles. The van der Waals surface area contributed by atoms with E-state index >= 15 is 0 Å². The van der Waals surface area contributed by atoms with E-state index in [1.807, 2.05) is 0 Å². The number of aliphatic hydroxyl groups excluding tert-OH is 5. The van der Waals surface area contributed by atoms with Crippen molar-refractivity contribution < 1.29 is 58.3 Å². The van der Waals surface area contributed by atoms with Crippen LogP contribution in [0.25, 0.3) is 0 Å². The Morgan fingerprint density at radius 1 is 0.378 bits per heavy atom. The third-order valence-corrected chi connectivity index (χ3v) is 16.5. The highest BCUT2D eigenvalue weighted by molar-refractivity contribution is 7.47. The summed E-state index contributed by atoms with van der Waals surface area (Å²) in [6, 6.07) is 0. The third-order valence-electron chi connectivity index (χ3n) is 15.5. The van der Waals surface area contributed by atoms with Gasteiger partial charge in [0.2, 0.25) is 0 Å². The Kier molecular flexibility index (Phi) is 49.9. The molecule has 0 aromatic rings. The van der Waals surface area contributed by atoms with E-state index in [1.165, 1.54) is 257 Å². The number of ether oxygens (including phenoxy) is 2. The van der Waals surface area contributed by atoms with Crippen LogP contribution in [-0.4, -0.2) is 98.9 Å². The lowest BCUT2D eigenvalue weighted by atomic mass is 9.85. The quantitative estimate of drug-likeness (QED) is 0.0192. The maximum Gasteiger partial charge on any atom is 0.472 e. The van der Waals surface area contributed by atoms with Gasteiger partial charge in [0.1, 0.15) is 42.7 Å². The molecule has 6 atom stereocenters. The summed E-state index contributed by atoms with van der Waals surface area (Å²) < 4.78 is 34.5. The molecular weight excluding hydrogens is 956 g/mol. The van der Waals surface area contributed by atoms with Gasteiger partial charge < -0.3 is 39.9 Å². The summed E-state index contributed by atoms with van der Waals surface area (Å²) in [7, 11) is -5.02. The van der Waals surface area contributed by atoms with Gasteiger partial charge in [0.05, 0.1) is 13.2 Å². The number of hydrogen-bond acceptors (Lipinski definition) is 11. The molecule has 0 amide bonds. The van der Waals surface area contributed by atoms with Crippen LogP contribution in [0, 0.1) is 0 Å². The summed E-state index contributed by atoms with van der Waals surface area (Å²) in [5.74, 6) is -0.465. The first-order chi connectivity index (χ1) is 36.0. The molecule has 6 N–H and O–H groups in total. The SMILES string of the molecule is CCCCCCCCCCCCCCCCCCCCCCCCCCOCC(COP(=O)(O)OC1C(O)C(O)C(O)C(O)C1O)OC(=O)CCCCCCCCCCCCCCCCCCCCCCCCC. The molecule has 1 aliphatic rings. The summed E-state index contributed by atoms with van der Waals surface area (Å²) in [6.45, 7) is 4.36. The van der Waals surface area contributed by atoms with Gasteiger partial charge in [0, 0.05) is 13.0 Å². The van der Waals surface area contributed by atoms with E-state index in [9.17, 15) is 39.8 Å². The van der Waals surface area contributed by atoms with Crippen LogP contribution in [0.5, 0.6) is 0 Å². The van der Waals surface area contributed by atoms with Crippen LogP contribution < -0.4 is 0 Å². The lowest BCUT2D eigenvalue weighted by molar-refractivity contribution is -0.220. The fourth-order valence-electron chi connectivity index (χ4n) is 10.5. The Morgan fingerprint density at radius 2 is 0.635 bits per heavy atom. The Bertz CT molecular complexity index is 1230. The van der Waals surface area contributed by atoms with Gasteiger partial charge in [0.15, 0.2) is 0 Å². The molecule has 1 fully saturated rings. The first-order valence-electron chi connectivity index (χ1n) is 31.9. The molecule has 0 spiro atoms. The van der Waals surface area contributed by atoms with Crippen molar-refractivity contribution >= 4 is 13.8 Å². The molecule has 13 heteroatoms. The maximum absolute atomic E-state index is 12.9. The minimum atomic E-state index is -5.02. The number of carbonyl (C=O) groups excluding carboxylic acids is 1. The van der Waals surface area contributed by atoms with Crippen molar-refractivity contribution in [3.05, 3.63) is 0 Å². The highest BCUT2D eigenvalue weighted by Gasteiger charge is 2.51. The normalized spacial score (nSPS) is 20.3. The smallest absolute Gasteiger partial charge is 0.457 e. The first-order valence-corrected chi connectivity index (χ1v) is 33.4. The number of unbranched alkanes of at least 4 members (excludes halogenated alkanes) is 45. The number of phosphoric ester groups is 1. The number of rotatable bonds is 57. The van der Waals surface area contributed by atoms with Gasteiger partial charge in [0.25, 0.3) is 0 Å². The summed E-state index contributed by atoms with van der Waals surface area (Å²) in [6.07, 6.45) is 49.0. The monoisotopic (exact) mass is 1080 g/mol. The van der Waals surface area contributed by atoms with Crippen LogP contribution in [-0.2, 0) is 27.9 Å². The molecule has 1 rings (SSSR count). The zero-order valence-electron chi connectivity index (χ0n) is 48.2. The summed E-state index contributed by atoms with van der Waals surface area (Å²) in [4.78, 5) is 23.4. The molecule has 1 aliphatic carbocycles. The predicted octanol–water partition coefficient (Wildman–Crippen LogP) is 16.0. The van der Waals surface area contributed by atoms with Gasteiger partial charge in [-0.3, -0.25) is 13.8 Å². The van der Waals surface area contributed by atoms with E-state index in [4.69, 9.17) is 18.5 Å². The second kappa shape index (κ2) is 51.8. The van der Waals surface area contributed by atoms with Gasteiger partial charge in [-0.15, -0.1) is 0 Å². The number of esters is 1. The van der Waals surface area contributed by atoms with Gasteiger partial charge in [-0.2, -0.15) is 0 Å². The van der Waals surface area contributed by atoms with Crippen molar-refractivity contribution in [1.29, 1.82) is 0 Å². The molecule has 12 nitrogen and oxygen atoms in total. The van der Waals surface area contributed by atoms with Crippen molar-refractivity contribution in [1.82, 2.24) is 0 Å². The van der Waals surface area contributed by atoms with E-state index < -0.39 is 63.1 Å². The Labute approximate surface area is 455 Å². The maximum atomic E-state index is 12.9. The third kappa shape index (κ3) is 42.3. The first kappa shape index (κ1) is 71.4. The van der Waals surface area contributed by atoms with E-state index in [-0.39, 0.29) is 13.0 Å². The van der Waals surface area contributed by atoms with Crippen LogP contribution in [0.3, 0.4) is 0 Å². The molecule has 0 aromatic heterocycles. The van der Waals surface area contributed by atoms with Crippen molar-refractivity contribution in [2.45, 2.75) is 365 Å². The molecular formula is C61H121O12P. The molecule has 0 saturated heterocycles. The zero-order chi connectivity index (χ0) is 54.0. The molecule has 0 aliphatic heterocycles. The van der Waals surface area contributed by atoms with E-state index in [0.717, 1.165) is 38.5 Å². The fourth-order valence-corrected chi connectivity index (χ4v) is 11.5. The number of phosphoric acid groups is 1. The second-order valence-electron chi connectivity index (χ2n) is 22.6. The second-order valence-corrected chi connectivity index (χ2v) is 24.0. The van der Waals surface area contributed by atoms with Crippen molar-refractivity contribution in [2.75, 3.05) is 19.8 Å². The molecule has 74 heavy (non-hydrogen) atoms. The summed E-state index contributed by atoms with van der Waals surface area (Å²) >= 11 is 0. The van der Waals surface area contributed by atoms with Crippen LogP contribution in [0.2, 0.25) is 0 Å². The van der Waals surface area contributed by atoms with Crippen LogP contribution in [0.4, 0.5) is 0 Å². The average Bonchev–Trinajstić information content (AvgIpc) is 3.39. The van der Waals surface area contributed by atoms with Crippen LogP contribution in [0.1, 0.15) is 322 Å². The number of hydrogen-bond donors (Lipinski definition) is 6. The summed E-state index contributed by atoms with van der Waals surface area (Å²) in [5.41, 5.74) is 0. The Morgan fingerprint density at radius 3 is 0.932 bits per heavy atom. The topological polar surface area (TPSA) is 192 Å². The molecule has 442 valence electrons. The Hall–Kier alpha value is -0.660. The minimum absolute atomic E-state index is 0.0667. The molecule has 6 unspecified atom stereocenters. The average molecular weight is 1080 g/mol. The highest BCUT2D eigenvalue weighted by Crippen LogP contribution is 2.47. The fraction of sp³-hybridized carbons (Fsp3) is 0.984. The predicted molar refractivity (Wildman–Crippen MR) is 304 cm³/mol. The van der Waals surface area contributed by atoms with Crippen LogP contribution >= 0.6 is 7.82 Å². The highest BCUT2D eigenvalue weighted by atomic mass is 31.2. The number of carbonyl (C=O) groups is 1. The van der Waals surface area contributed by atoms with Crippen molar-refractivity contribution in [3.63, 3.8) is 0 Å². The van der Waals surface area contributed by atoms with Crippen LogP contribution in [0.15, 0.2) is 0 Å². The molecule has 0 bridgehead atoms. The molecule has 0 heterocycles. The lowest BCUT2D eigenvalue weighted by Gasteiger charge is -2.41. The van der Waals surface area contributed by atoms with Gasteiger partial charge in [-0.05, 0) is 12.8 Å². The van der Waals surface area contributed by atoms with Gasteiger partial charge >= 0.3 is 13.8 Å². The van der Waals surface area contributed by atoms with Gasteiger partial charge in [-0.1, -0.05) is 303 Å². The lowest BCUT2D eigenvalue weighted by Crippen LogP contribution is -2.64. The number of aliphatic hydroxyl groups is 5. The minimum Gasteiger partial charge on any atom is -0.457 e. The molecule has 0 radical (unpaired) electrons. The van der Waals surface area contributed by atoms with Crippen molar-refractivity contribution in [2.24, 2.45) is 0 Å². The van der Waals surface area contributed by atoms with E-state index in [0.29, 0.717) is 13.0 Å². The Balaban J connectivity index is 2.21. The van der Waals surface area contributed by atoms with Gasteiger partial charge in [-0.25, -0.2) is 4.57 Å². The largest absolute Gasteiger partial charge is 0.472 e. The molecule has 0 aromatic carbocycles. The van der Waals surface area contributed by atoms with E-state index in [2.05, 4.69) is 13.8 Å². The summed E-state index contributed by atoms with van der Waals surface area (Å²) in [5, 5.41) is 50.5.